The fraction of sp³-hybridized carbons (Fsp3) is 0.933. The van der Waals surface area contributed by atoms with Crippen LogP contribution in [0.25, 0.3) is 0 Å². The van der Waals surface area contributed by atoms with Crippen molar-refractivity contribution in [2.75, 3.05) is 32.7 Å². The molecule has 0 aromatic rings. The van der Waals surface area contributed by atoms with Gasteiger partial charge in [0.25, 0.3) is 0 Å². The second-order valence-corrected chi connectivity index (χ2v) is 5.24. The van der Waals surface area contributed by atoms with Crippen LogP contribution in [0, 0.1) is 17.2 Å². The highest BCUT2D eigenvalue weighted by atomic mass is 15.2. The van der Waals surface area contributed by atoms with Crippen LogP contribution in [0.3, 0.4) is 0 Å². The van der Waals surface area contributed by atoms with Crippen molar-refractivity contribution in [2.24, 2.45) is 5.92 Å². The van der Waals surface area contributed by atoms with Crippen molar-refractivity contribution >= 4 is 0 Å². The van der Waals surface area contributed by atoms with Gasteiger partial charge in [0.1, 0.15) is 0 Å². The zero-order valence-electron chi connectivity index (χ0n) is 12.4. The van der Waals surface area contributed by atoms with Crippen LogP contribution in [0.5, 0.6) is 0 Å². The first kappa shape index (κ1) is 15.5. The molecule has 0 saturated heterocycles. The number of rotatable bonds is 8. The van der Waals surface area contributed by atoms with Crippen LogP contribution in [-0.2, 0) is 0 Å². The van der Waals surface area contributed by atoms with Crippen LogP contribution in [0.2, 0.25) is 0 Å². The number of nitrogens with zero attached hydrogens (tertiary/aromatic N) is 3. The van der Waals surface area contributed by atoms with Crippen LogP contribution in [0.15, 0.2) is 0 Å². The van der Waals surface area contributed by atoms with Gasteiger partial charge in [0.2, 0.25) is 0 Å². The average molecular weight is 251 g/mol. The van der Waals surface area contributed by atoms with E-state index in [1.807, 2.05) is 0 Å². The summed E-state index contributed by atoms with van der Waals surface area (Å²) < 4.78 is 0. The van der Waals surface area contributed by atoms with Crippen LogP contribution >= 0.6 is 0 Å². The molecule has 0 radical (unpaired) electrons. The zero-order valence-corrected chi connectivity index (χ0v) is 12.4. The van der Waals surface area contributed by atoms with E-state index in [4.69, 9.17) is 0 Å². The SMILES string of the molecule is CCN(CC)CCCN(CC)C1CCCC1C#N. The van der Waals surface area contributed by atoms with Crippen molar-refractivity contribution < 1.29 is 0 Å². The van der Waals surface area contributed by atoms with Gasteiger partial charge in [-0.05, 0) is 52.0 Å². The van der Waals surface area contributed by atoms with Gasteiger partial charge in [-0.1, -0.05) is 27.2 Å². The van der Waals surface area contributed by atoms with Gasteiger partial charge in [0, 0.05) is 6.04 Å². The van der Waals surface area contributed by atoms with E-state index in [9.17, 15) is 5.26 Å². The molecule has 3 heteroatoms. The maximum atomic E-state index is 9.19. The first-order chi connectivity index (χ1) is 8.76. The van der Waals surface area contributed by atoms with Gasteiger partial charge in [-0.3, -0.25) is 4.90 Å². The summed E-state index contributed by atoms with van der Waals surface area (Å²) in [5.41, 5.74) is 0. The minimum absolute atomic E-state index is 0.276. The molecule has 0 aliphatic heterocycles. The van der Waals surface area contributed by atoms with Gasteiger partial charge in [-0.2, -0.15) is 5.26 Å². The van der Waals surface area contributed by atoms with Gasteiger partial charge < -0.3 is 4.90 Å². The minimum atomic E-state index is 0.276. The van der Waals surface area contributed by atoms with Crippen molar-refractivity contribution in [1.29, 1.82) is 5.26 Å². The molecule has 1 aliphatic rings. The summed E-state index contributed by atoms with van der Waals surface area (Å²) in [4.78, 5) is 5.01. The molecule has 0 bridgehead atoms. The predicted molar refractivity (Wildman–Crippen MR) is 76.4 cm³/mol. The monoisotopic (exact) mass is 251 g/mol. The van der Waals surface area contributed by atoms with Crippen LogP contribution < -0.4 is 0 Å². The molecule has 0 spiro atoms. The Balaban J connectivity index is 2.35. The number of nitriles is 1. The van der Waals surface area contributed by atoms with E-state index in [-0.39, 0.29) is 5.92 Å². The van der Waals surface area contributed by atoms with E-state index in [1.54, 1.807) is 0 Å². The van der Waals surface area contributed by atoms with E-state index in [2.05, 4.69) is 36.6 Å². The largest absolute Gasteiger partial charge is 0.304 e. The molecule has 0 aromatic carbocycles. The topological polar surface area (TPSA) is 30.3 Å². The maximum Gasteiger partial charge on any atom is 0.0672 e. The third-order valence-electron chi connectivity index (χ3n) is 4.33. The number of hydrogen-bond acceptors (Lipinski definition) is 3. The lowest BCUT2D eigenvalue weighted by atomic mass is 10.0. The third kappa shape index (κ3) is 4.26. The molecule has 104 valence electrons. The lowest BCUT2D eigenvalue weighted by Gasteiger charge is -2.30. The predicted octanol–water partition coefficient (Wildman–Crippen LogP) is 2.73. The number of hydrogen-bond donors (Lipinski definition) is 0. The minimum Gasteiger partial charge on any atom is -0.304 e. The van der Waals surface area contributed by atoms with Crippen molar-refractivity contribution in [3.8, 4) is 6.07 Å². The average Bonchev–Trinajstić information content (AvgIpc) is 2.87. The second-order valence-electron chi connectivity index (χ2n) is 5.24. The van der Waals surface area contributed by atoms with Crippen molar-refractivity contribution in [3.05, 3.63) is 0 Å². The van der Waals surface area contributed by atoms with Gasteiger partial charge in [-0.25, -0.2) is 0 Å². The molecule has 2 unspecified atom stereocenters. The molecule has 18 heavy (non-hydrogen) atoms. The summed E-state index contributed by atoms with van der Waals surface area (Å²) >= 11 is 0. The van der Waals surface area contributed by atoms with E-state index in [0.29, 0.717) is 6.04 Å². The molecule has 1 aliphatic carbocycles. The van der Waals surface area contributed by atoms with Gasteiger partial charge in [0.15, 0.2) is 0 Å². The Bertz CT molecular complexity index is 255. The highest BCUT2D eigenvalue weighted by molar-refractivity contribution is 4.97. The highest BCUT2D eigenvalue weighted by Gasteiger charge is 2.30. The quantitative estimate of drug-likeness (QED) is 0.664. The van der Waals surface area contributed by atoms with Gasteiger partial charge in [-0.15, -0.1) is 0 Å². The lowest BCUT2D eigenvalue weighted by molar-refractivity contribution is 0.173. The zero-order chi connectivity index (χ0) is 13.4. The van der Waals surface area contributed by atoms with Crippen LogP contribution in [-0.4, -0.2) is 48.6 Å². The third-order valence-corrected chi connectivity index (χ3v) is 4.33. The Morgan fingerprint density at radius 3 is 2.33 bits per heavy atom. The second kappa shape index (κ2) is 8.50. The smallest absolute Gasteiger partial charge is 0.0672 e. The Morgan fingerprint density at radius 1 is 1.06 bits per heavy atom. The van der Waals surface area contributed by atoms with Gasteiger partial charge >= 0.3 is 0 Å². The fourth-order valence-corrected chi connectivity index (χ4v) is 3.12. The van der Waals surface area contributed by atoms with Gasteiger partial charge in [0.05, 0.1) is 12.0 Å². The van der Waals surface area contributed by atoms with Crippen molar-refractivity contribution in [3.63, 3.8) is 0 Å². The summed E-state index contributed by atoms with van der Waals surface area (Å²) in [6.07, 6.45) is 4.78. The molecule has 3 nitrogen and oxygen atoms in total. The molecular formula is C15H29N3. The van der Waals surface area contributed by atoms with E-state index < -0.39 is 0 Å². The highest BCUT2D eigenvalue weighted by Crippen LogP contribution is 2.29. The van der Waals surface area contributed by atoms with Crippen molar-refractivity contribution in [2.45, 2.75) is 52.5 Å². The van der Waals surface area contributed by atoms with E-state index in [1.165, 1.54) is 25.8 Å². The Kier molecular flexibility index (Phi) is 7.31. The molecule has 1 saturated carbocycles. The molecule has 0 heterocycles. The maximum absolute atomic E-state index is 9.19. The molecular weight excluding hydrogens is 222 g/mol. The van der Waals surface area contributed by atoms with Crippen LogP contribution in [0.4, 0.5) is 0 Å². The van der Waals surface area contributed by atoms with Crippen molar-refractivity contribution in [1.82, 2.24) is 9.80 Å². The molecule has 0 aromatic heterocycles. The summed E-state index contributed by atoms with van der Waals surface area (Å²) in [6, 6.07) is 3.02. The molecule has 1 rings (SSSR count). The Morgan fingerprint density at radius 2 is 1.78 bits per heavy atom. The Labute approximate surface area is 113 Å². The van der Waals surface area contributed by atoms with E-state index in [0.717, 1.165) is 32.6 Å². The van der Waals surface area contributed by atoms with Crippen LogP contribution in [0.1, 0.15) is 46.5 Å². The summed E-state index contributed by atoms with van der Waals surface area (Å²) in [6.45, 7) is 12.4. The molecule has 1 fully saturated rings. The Hall–Kier alpha value is -0.590. The fourth-order valence-electron chi connectivity index (χ4n) is 3.12. The molecule has 2 atom stereocenters. The summed E-state index contributed by atoms with van der Waals surface area (Å²) in [5.74, 6) is 0.276. The van der Waals surface area contributed by atoms with E-state index >= 15 is 0 Å². The first-order valence-corrected chi connectivity index (χ1v) is 7.62. The normalized spacial score (nSPS) is 23.8. The lowest BCUT2D eigenvalue weighted by Crippen LogP contribution is -2.39. The molecule has 0 N–H and O–H groups in total. The standard InChI is InChI=1S/C15H29N3/c1-4-17(5-2)11-8-12-18(6-3)15-10-7-9-14(15)13-16/h14-15H,4-12H2,1-3H3. The molecule has 0 amide bonds. The summed E-state index contributed by atoms with van der Waals surface area (Å²) in [5, 5.41) is 9.19. The summed E-state index contributed by atoms with van der Waals surface area (Å²) in [7, 11) is 0. The first-order valence-electron chi connectivity index (χ1n) is 7.62.